The smallest absolute Gasteiger partial charge is 0.176 e. The average Bonchev–Trinajstić information content (AvgIpc) is 2.43. The minimum Gasteiger partial charge on any atom is -0.503 e. The topological polar surface area (TPSA) is 32.7 Å². The van der Waals surface area contributed by atoms with E-state index in [0.717, 1.165) is 18.0 Å². The Kier molecular flexibility index (Phi) is 5.17. The van der Waals surface area contributed by atoms with Crippen molar-refractivity contribution in [3.05, 3.63) is 22.7 Å². The van der Waals surface area contributed by atoms with Crippen LogP contribution >= 0.6 is 11.6 Å². The molecule has 1 aromatic carbocycles. The fourth-order valence-electron chi connectivity index (χ4n) is 2.97. The molecule has 112 valence electrons. The van der Waals surface area contributed by atoms with Crippen LogP contribution in [-0.2, 0) is 6.54 Å². The van der Waals surface area contributed by atoms with E-state index < -0.39 is 0 Å². The minimum absolute atomic E-state index is 0.0204. The Hall–Kier alpha value is -0.930. The summed E-state index contributed by atoms with van der Waals surface area (Å²) in [4.78, 5) is 2.38. The number of halogens is 1. The first-order valence-electron chi connectivity index (χ1n) is 7.27. The van der Waals surface area contributed by atoms with E-state index in [9.17, 15) is 5.11 Å². The first kappa shape index (κ1) is 15.5. The predicted molar refractivity (Wildman–Crippen MR) is 82.6 cm³/mol. The monoisotopic (exact) mass is 297 g/mol. The molecule has 1 N–H and O–H groups in total. The highest BCUT2D eigenvalue weighted by Crippen LogP contribution is 2.35. The summed E-state index contributed by atoms with van der Waals surface area (Å²) >= 11 is 6.04. The molecule has 2 rings (SSSR count). The van der Waals surface area contributed by atoms with Gasteiger partial charge in [-0.05, 0) is 56.3 Å². The molecule has 3 nitrogen and oxygen atoms in total. The number of ether oxygens (including phenoxy) is 1. The molecule has 1 saturated carbocycles. The van der Waals surface area contributed by atoms with Gasteiger partial charge in [0, 0.05) is 12.6 Å². The standard InChI is InChI=1S/C16H24ClNO2/c1-11-4-6-13(7-5-11)18(2)10-12-8-14(17)16(19)15(9-12)20-3/h8-9,11,13,19H,4-7,10H2,1-3H3. The number of phenols is 1. The van der Waals surface area contributed by atoms with E-state index in [4.69, 9.17) is 16.3 Å². The molecule has 0 radical (unpaired) electrons. The molecular formula is C16H24ClNO2. The van der Waals surface area contributed by atoms with Crippen molar-refractivity contribution < 1.29 is 9.84 Å². The number of benzene rings is 1. The number of aromatic hydroxyl groups is 1. The number of nitrogens with zero attached hydrogens (tertiary/aromatic N) is 1. The minimum atomic E-state index is 0.0204. The molecular weight excluding hydrogens is 274 g/mol. The zero-order valence-electron chi connectivity index (χ0n) is 12.5. The summed E-state index contributed by atoms with van der Waals surface area (Å²) in [7, 11) is 3.70. The lowest BCUT2D eigenvalue weighted by molar-refractivity contribution is 0.164. The molecule has 1 aliphatic rings. The lowest BCUT2D eigenvalue weighted by Crippen LogP contribution is -2.34. The van der Waals surface area contributed by atoms with Crippen LogP contribution in [0.25, 0.3) is 0 Å². The largest absolute Gasteiger partial charge is 0.503 e. The van der Waals surface area contributed by atoms with E-state index in [0.29, 0.717) is 16.8 Å². The highest BCUT2D eigenvalue weighted by Gasteiger charge is 2.22. The van der Waals surface area contributed by atoms with Gasteiger partial charge in [0.25, 0.3) is 0 Å². The third kappa shape index (κ3) is 3.58. The SMILES string of the molecule is COc1cc(CN(C)C2CCC(C)CC2)cc(Cl)c1O. The average molecular weight is 298 g/mol. The van der Waals surface area contributed by atoms with Crippen LogP contribution in [0.1, 0.15) is 38.2 Å². The number of hydrogen-bond acceptors (Lipinski definition) is 3. The van der Waals surface area contributed by atoms with Crippen molar-refractivity contribution >= 4 is 11.6 Å². The van der Waals surface area contributed by atoms with Crippen LogP contribution in [0.15, 0.2) is 12.1 Å². The van der Waals surface area contributed by atoms with Crippen LogP contribution in [-0.4, -0.2) is 30.2 Å². The molecule has 1 aromatic rings. The van der Waals surface area contributed by atoms with Crippen molar-refractivity contribution in [2.45, 2.75) is 45.2 Å². The number of phenolic OH excluding ortho intramolecular Hbond substituents is 1. The summed E-state index contributed by atoms with van der Waals surface area (Å²) in [6, 6.07) is 4.33. The summed E-state index contributed by atoms with van der Waals surface area (Å²) in [6.07, 6.45) is 5.16. The van der Waals surface area contributed by atoms with E-state index in [1.165, 1.54) is 25.7 Å². The molecule has 0 bridgehead atoms. The third-order valence-corrected chi connectivity index (χ3v) is 4.64. The zero-order chi connectivity index (χ0) is 14.7. The number of hydrogen-bond donors (Lipinski definition) is 1. The molecule has 0 unspecified atom stereocenters. The summed E-state index contributed by atoms with van der Waals surface area (Å²) in [5.41, 5.74) is 1.07. The first-order valence-corrected chi connectivity index (χ1v) is 7.64. The maximum absolute atomic E-state index is 9.76. The third-order valence-electron chi connectivity index (χ3n) is 4.35. The van der Waals surface area contributed by atoms with Crippen LogP contribution in [0.3, 0.4) is 0 Å². The van der Waals surface area contributed by atoms with Gasteiger partial charge >= 0.3 is 0 Å². The maximum Gasteiger partial charge on any atom is 0.176 e. The van der Waals surface area contributed by atoms with Crippen molar-refractivity contribution in [1.29, 1.82) is 0 Å². The number of rotatable bonds is 4. The van der Waals surface area contributed by atoms with Crippen LogP contribution in [0.4, 0.5) is 0 Å². The molecule has 0 heterocycles. The van der Waals surface area contributed by atoms with Gasteiger partial charge in [0.05, 0.1) is 12.1 Å². The van der Waals surface area contributed by atoms with Crippen molar-refractivity contribution in [2.75, 3.05) is 14.2 Å². The van der Waals surface area contributed by atoms with Gasteiger partial charge in [-0.3, -0.25) is 4.90 Å². The quantitative estimate of drug-likeness (QED) is 0.909. The summed E-state index contributed by atoms with van der Waals surface area (Å²) < 4.78 is 5.15. The molecule has 0 atom stereocenters. The van der Waals surface area contributed by atoms with E-state index >= 15 is 0 Å². The Labute approximate surface area is 126 Å². The van der Waals surface area contributed by atoms with Crippen molar-refractivity contribution in [2.24, 2.45) is 5.92 Å². The van der Waals surface area contributed by atoms with Crippen LogP contribution in [0.5, 0.6) is 11.5 Å². The van der Waals surface area contributed by atoms with Gasteiger partial charge in [0.1, 0.15) is 0 Å². The van der Waals surface area contributed by atoms with Crippen molar-refractivity contribution in [1.82, 2.24) is 4.90 Å². The van der Waals surface area contributed by atoms with Gasteiger partial charge in [-0.2, -0.15) is 0 Å². The highest BCUT2D eigenvalue weighted by molar-refractivity contribution is 6.32. The van der Waals surface area contributed by atoms with Gasteiger partial charge in [0.2, 0.25) is 0 Å². The highest BCUT2D eigenvalue weighted by atomic mass is 35.5. The van der Waals surface area contributed by atoms with E-state index in [1.807, 2.05) is 12.1 Å². The summed E-state index contributed by atoms with van der Waals surface area (Å²) in [5, 5.41) is 10.1. The summed E-state index contributed by atoms with van der Waals surface area (Å²) in [5.74, 6) is 1.33. The fourth-order valence-corrected chi connectivity index (χ4v) is 3.21. The van der Waals surface area contributed by atoms with Gasteiger partial charge in [-0.25, -0.2) is 0 Å². The van der Waals surface area contributed by atoms with Gasteiger partial charge < -0.3 is 9.84 Å². The van der Waals surface area contributed by atoms with Gasteiger partial charge in [-0.1, -0.05) is 18.5 Å². The Morgan fingerprint density at radius 1 is 1.30 bits per heavy atom. The lowest BCUT2D eigenvalue weighted by Gasteiger charge is -2.33. The summed E-state index contributed by atoms with van der Waals surface area (Å²) in [6.45, 7) is 3.16. The molecule has 4 heteroatoms. The van der Waals surface area contributed by atoms with E-state index in [2.05, 4.69) is 18.9 Å². The molecule has 0 spiro atoms. The second kappa shape index (κ2) is 6.68. The second-order valence-corrected chi connectivity index (χ2v) is 6.36. The van der Waals surface area contributed by atoms with Gasteiger partial charge in [0.15, 0.2) is 11.5 Å². The normalized spacial score (nSPS) is 23.1. The van der Waals surface area contributed by atoms with Crippen molar-refractivity contribution in [3.63, 3.8) is 0 Å². The van der Waals surface area contributed by atoms with Crippen LogP contribution in [0, 0.1) is 5.92 Å². The Balaban J connectivity index is 2.04. The van der Waals surface area contributed by atoms with Crippen LogP contribution in [0.2, 0.25) is 5.02 Å². The van der Waals surface area contributed by atoms with Crippen molar-refractivity contribution in [3.8, 4) is 11.5 Å². The fraction of sp³-hybridized carbons (Fsp3) is 0.625. The first-order chi connectivity index (χ1) is 9.51. The Bertz CT molecular complexity index is 456. The molecule has 0 aliphatic heterocycles. The molecule has 1 aliphatic carbocycles. The lowest BCUT2D eigenvalue weighted by atomic mass is 9.86. The Morgan fingerprint density at radius 2 is 1.95 bits per heavy atom. The molecule has 20 heavy (non-hydrogen) atoms. The predicted octanol–water partition coefficient (Wildman–Crippen LogP) is 4.06. The molecule has 0 saturated heterocycles. The number of methoxy groups -OCH3 is 1. The molecule has 1 fully saturated rings. The maximum atomic E-state index is 9.76. The molecule has 0 amide bonds. The van der Waals surface area contributed by atoms with Gasteiger partial charge in [-0.15, -0.1) is 0 Å². The van der Waals surface area contributed by atoms with E-state index in [-0.39, 0.29) is 5.75 Å². The zero-order valence-corrected chi connectivity index (χ0v) is 13.3. The molecule has 0 aromatic heterocycles. The van der Waals surface area contributed by atoms with E-state index in [1.54, 1.807) is 7.11 Å². The van der Waals surface area contributed by atoms with Crippen LogP contribution < -0.4 is 4.74 Å². The second-order valence-electron chi connectivity index (χ2n) is 5.96. The Morgan fingerprint density at radius 3 is 2.55 bits per heavy atom.